The normalized spacial score (nSPS) is 17.4. The van der Waals surface area contributed by atoms with E-state index in [-0.39, 0.29) is 5.54 Å². The Hall–Kier alpha value is -0.370. The van der Waals surface area contributed by atoms with Crippen LogP contribution < -0.4 is 5.73 Å². The lowest BCUT2D eigenvalue weighted by Crippen LogP contribution is -2.32. The van der Waals surface area contributed by atoms with E-state index in [0.29, 0.717) is 12.2 Å². The number of carbonyl (C=O) groups is 1. The molecule has 0 heterocycles. The maximum absolute atomic E-state index is 11.6. The second-order valence-electron chi connectivity index (χ2n) is 5.30. The van der Waals surface area contributed by atoms with E-state index in [1.807, 2.05) is 0 Å². The Balaban J connectivity index is 1.83. The van der Waals surface area contributed by atoms with Crippen molar-refractivity contribution in [2.45, 2.75) is 83.1 Å². The van der Waals surface area contributed by atoms with Gasteiger partial charge in [-0.2, -0.15) is 0 Å². The van der Waals surface area contributed by atoms with Crippen LogP contribution >= 0.6 is 0 Å². The summed E-state index contributed by atoms with van der Waals surface area (Å²) in [6.45, 7) is 2.24. The minimum Gasteiger partial charge on any atom is -0.319 e. The van der Waals surface area contributed by atoms with Crippen LogP contribution in [0.4, 0.5) is 0 Å². The van der Waals surface area contributed by atoms with Gasteiger partial charge in [-0.15, -0.1) is 0 Å². The second kappa shape index (κ2) is 7.05. The highest BCUT2D eigenvalue weighted by Gasteiger charge is 2.44. The molecule has 1 saturated carbocycles. The van der Waals surface area contributed by atoms with Crippen LogP contribution in [0.15, 0.2) is 0 Å². The van der Waals surface area contributed by atoms with Crippen LogP contribution in [0.25, 0.3) is 0 Å². The van der Waals surface area contributed by atoms with Crippen molar-refractivity contribution in [1.29, 1.82) is 0 Å². The zero-order chi connectivity index (χ0) is 11.9. The summed E-state index contributed by atoms with van der Waals surface area (Å²) in [7, 11) is 0. The molecule has 0 atom stereocenters. The van der Waals surface area contributed by atoms with Crippen LogP contribution in [-0.2, 0) is 4.79 Å². The molecule has 0 radical (unpaired) electrons. The van der Waals surface area contributed by atoms with Gasteiger partial charge >= 0.3 is 0 Å². The SMILES string of the molecule is CCCCCCCCCCC(=O)C1(N)CC1. The Morgan fingerprint density at radius 2 is 1.50 bits per heavy atom. The van der Waals surface area contributed by atoms with E-state index in [0.717, 1.165) is 19.3 Å². The van der Waals surface area contributed by atoms with Crippen LogP contribution in [0.2, 0.25) is 0 Å². The molecule has 1 fully saturated rings. The Kier molecular flexibility index (Phi) is 6.04. The predicted molar refractivity (Wildman–Crippen MR) is 68.4 cm³/mol. The van der Waals surface area contributed by atoms with Crippen LogP contribution in [0.3, 0.4) is 0 Å². The summed E-state index contributed by atoms with van der Waals surface area (Å²) in [4.78, 5) is 11.6. The van der Waals surface area contributed by atoms with E-state index in [1.165, 1.54) is 44.9 Å². The van der Waals surface area contributed by atoms with Gasteiger partial charge in [-0.3, -0.25) is 4.79 Å². The van der Waals surface area contributed by atoms with Gasteiger partial charge in [0.25, 0.3) is 0 Å². The number of hydrogen-bond donors (Lipinski definition) is 1. The highest BCUT2D eigenvalue weighted by molar-refractivity contribution is 5.90. The van der Waals surface area contributed by atoms with Crippen molar-refractivity contribution >= 4 is 5.78 Å². The number of Topliss-reactive ketones (excluding diaryl/α,β-unsaturated/α-hetero) is 1. The molecule has 1 aliphatic carbocycles. The molecule has 16 heavy (non-hydrogen) atoms. The molecule has 2 N–H and O–H groups in total. The summed E-state index contributed by atoms with van der Waals surface area (Å²) in [5.74, 6) is 0.304. The summed E-state index contributed by atoms with van der Waals surface area (Å²) < 4.78 is 0. The van der Waals surface area contributed by atoms with Gasteiger partial charge in [-0.1, -0.05) is 51.9 Å². The first-order chi connectivity index (χ1) is 7.69. The number of nitrogens with two attached hydrogens (primary N) is 1. The monoisotopic (exact) mass is 225 g/mol. The average Bonchev–Trinajstić information content (AvgIpc) is 3.01. The maximum atomic E-state index is 11.6. The molecule has 0 aromatic rings. The third kappa shape index (κ3) is 5.11. The fourth-order valence-electron chi connectivity index (χ4n) is 2.08. The Morgan fingerprint density at radius 1 is 1.00 bits per heavy atom. The standard InChI is InChI=1S/C14H27NO/c1-2-3-4-5-6-7-8-9-10-13(16)14(15)11-12-14/h2-12,15H2,1H3. The predicted octanol–water partition coefficient (Wildman–Crippen LogP) is 3.58. The molecule has 94 valence electrons. The highest BCUT2D eigenvalue weighted by atomic mass is 16.1. The van der Waals surface area contributed by atoms with Gasteiger partial charge < -0.3 is 5.73 Å². The van der Waals surface area contributed by atoms with Crippen molar-refractivity contribution in [1.82, 2.24) is 0 Å². The first kappa shape index (κ1) is 13.7. The number of ketones is 1. The molecule has 0 amide bonds. The summed E-state index contributed by atoms with van der Waals surface area (Å²) in [6, 6.07) is 0. The molecular weight excluding hydrogens is 198 g/mol. The van der Waals surface area contributed by atoms with Crippen LogP contribution in [0.1, 0.15) is 77.6 Å². The second-order valence-corrected chi connectivity index (χ2v) is 5.30. The number of unbranched alkanes of at least 4 members (excludes halogenated alkanes) is 7. The highest BCUT2D eigenvalue weighted by Crippen LogP contribution is 2.34. The van der Waals surface area contributed by atoms with Crippen molar-refractivity contribution < 1.29 is 4.79 Å². The van der Waals surface area contributed by atoms with Gasteiger partial charge in [0.15, 0.2) is 5.78 Å². The molecule has 2 heteroatoms. The smallest absolute Gasteiger partial charge is 0.152 e. The summed E-state index contributed by atoms with van der Waals surface area (Å²) >= 11 is 0. The van der Waals surface area contributed by atoms with Crippen molar-refractivity contribution in [3.05, 3.63) is 0 Å². The van der Waals surface area contributed by atoms with E-state index in [1.54, 1.807) is 0 Å². The molecule has 0 aliphatic heterocycles. The van der Waals surface area contributed by atoms with Gasteiger partial charge in [-0.05, 0) is 19.3 Å². The van der Waals surface area contributed by atoms with E-state index in [2.05, 4.69) is 6.92 Å². The molecular formula is C14H27NO. The van der Waals surface area contributed by atoms with E-state index >= 15 is 0 Å². The van der Waals surface area contributed by atoms with Gasteiger partial charge in [0.2, 0.25) is 0 Å². The van der Waals surface area contributed by atoms with Crippen molar-refractivity contribution in [3.63, 3.8) is 0 Å². The van der Waals surface area contributed by atoms with Gasteiger partial charge in [0, 0.05) is 6.42 Å². The quantitative estimate of drug-likeness (QED) is 0.577. The Bertz CT molecular complexity index is 209. The lowest BCUT2D eigenvalue weighted by atomic mass is 10.0. The van der Waals surface area contributed by atoms with E-state index < -0.39 is 0 Å². The van der Waals surface area contributed by atoms with E-state index in [9.17, 15) is 4.79 Å². The molecule has 0 saturated heterocycles. The molecule has 0 aromatic heterocycles. The fraction of sp³-hybridized carbons (Fsp3) is 0.929. The summed E-state index contributed by atoms with van der Waals surface area (Å²) in [6.07, 6.45) is 12.8. The van der Waals surface area contributed by atoms with Gasteiger partial charge in [0.05, 0.1) is 5.54 Å². The minimum atomic E-state index is -0.388. The van der Waals surface area contributed by atoms with Crippen LogP contribution in [0, 0.1) is 0 Å². The lowest BCUT2D eigenvalue weighted by Gasteiger charge is -2.06. The first-order valence-corrected chi connectivity index (χ1v) is 7.01. The third-order valence-corrected chi connectivity index (χ3v) is 3.60. The molecule has 0 spiro atoms. The van der Waals surface area contributed by atoms with Crippen molar-refractivity contribution in [2.24, 2.45) is 5.73 Å². The van der Waals surface area contributed by atoms with Crippen LogP contribution in [-0.4, -0.2) is 11.3 Å². The number of hydrogen-bond acceptors (Lipinski definition) is 2. The van der Waals surface area contributed by atoms with Crippen molar-refractivity contribution in [3.8, 4) is 0 Å². The zero-order valence-electron chi connectivity index (χ0n) is 10.8. The average molecular weight is 225 g/mol. The molecule has 0 aromatic carbocycles. The fourth-order valence-corrected chi connectivity index (χ4v) is 2.08. The Morgan fingerprint density at radius 3 is 2.00 bits per heavy atom. The Labute approximate surface area is 100.0 Å². The third-order valence-electron chi connectivity index (χ3n) is 3.60. The van der Waals surface area contributed by atoms with Gasteiger partial charge in [0.1, 0.15) is 0 Å². The molecule has 0 bridgehead atoms. The summed E-state index contributed by atoms with van der Waals surface area (Å²) in [5.41, 5.74) is 5.45. The number of carbonyl (C=O) groups excluding carboxylic acids is 1. The molecule has 0 unspecified atom stereocenters. The zero-order valence-corrected chi connectivity index (χ0v) is 10.8. The minimum absolute atomic E-state index is 0.304. The van der Waals surface area contributed by atoms with E-state index in [4.69, 9.17) is 5.73 Å². The summed E-state index contributed by atoms with van der Waals surface area (Å²) in [5, 5.41) is 0. The first-order valence-electron chi connectivity index (χ1n) is 7.01. The van der Waals surface area contributed by atoms with Gasteiger partial charge in [-0.25, -0.2) is 0 Å². The largest absolute Gasteiger partial charge is 0.319 e. The molecule has 1 aliphatic rings. The van der Waals surface area contributed by atoms with Crippen LogP contribution in [0.5, 0.6) is 0 Å². The molecule has 2 nitrogen and oxygen atoms in total. The topological polar surface area (TPSA) is 43.1 Å². The van der Waals surface area contributed by atoms with Crippen molar-refractivity contribution in [2.75, 3.05) is 0 Å². The molecule has 1 rings (SSSR count). The number of rotatable bonds is 10. The maximum Gasteiger partial charge on any atom is 0.152 e. The lowest BCUT2D eigenvalue weighted by molar-refractivity contribution is -0.121.